The molecule has 0 saturated carbocycles. The molecule has 0 amide bonds. The third-order valence-corrected chi connectivity index (χ3v) is 4.13. The molecule has 0 fully saturated rings. The normalized spacial score (nSPS) is 12.4. The largest absolute Gasteiger partial charge is 0.456 e. The van der Waals surface area contributed by atoms with Crippen molar-refractivity contribution in [1.82, 2.24) is 9.97 Å². The van der Waals surface area contributed by atoms with Crippen LogP contribution in [0, 0.1) is 0 Å². The van der Waals surface area contributed by atoms with E-state index in [-0.39, 0.29) is 0 Å². The second-order valence-electron chi connectivity index (χ2n) is 5.45. The van der Waals surface area contributed by atoms with E-state index in [2.05, 4.69) is 9.97 Å². The molecule has 2 aromatic carbocycles. The van der Waals surface area contributed by atoms with Crippen LogP contribution in [0.5, 0.6) is 0 Å². The summed E-state index contributed by atoms with van der Waals surface area (Å²) in [5.74, 6) is 0.657. The van der Waals surface area contributed by atoms with E-state index in [1.165, 1.54) is 6.33 Å². The fraction of sp³-hybridized carbons (Fsp3) is 0.0526. The summed E-state index contributed by atoms with van der Waals surface area (Å²) in [5, 5.41) is 12.3. The van der Waals surface area contributed by atoms with Crippen LogP contribution in [0.15, 0.2) is 71.7 Å². The monoisotopic (exact) mass is 336 g/mol. The third kappa shape index (κ3) is 2.66. The van der Waals surface area contributed by atoms with Gasteiger partial charge >= 0.3 is 0 Å². The van der Waals surface area contributed by atoms with Crippen LogP contribution in [-0.4, -0.2) is 15.1 Å². The molecule has 24 heavy (non-hydrogen) atoms. The maximum atomic E-state index is 10.7. The molecular formula is C19H13ClN2O2. The van der Waals surface area contributed by atoms with Crippen LogP contribution < -0.4 is 0 Å². The minimum atomic E-state index is -0.869. The highest BCUT2D eigenvalue weighted by Gasteiger charge is 2.19. The predicted octanol–water partition coefficient (Wildman–Crippen LogP) is 4.62. The number of nitrogens with zero attached hydrogens (tertiary/aromatic N) is 2. The molecule has 0 aliphatic heterocycles. The van der Waals surface area contributed by atoms with E-state index in [4.69, 9.17) is 16.0 Å². The van der Waals surface area contributed by atoms with Crippen molar-refractivity contribution in [2.75, 3.05) is 0 Å². The van der Waals surface area contributed by atoms with Crippen LogP contribution in [0.1, 0.15) is 17.2 Å². The van der Waals surface area contributed by atoms with Crippen LogP contribution >= 0.6 is 11.6 Å². The first-order chi connectivity index (χ1) is 11.7. The van der Waals surface area contributed by atoms with Gasteiger partial charge in [0.05, 0.1) is 0 Å². The Kier molecular flexibility index (Phi) is 3.76. The van der Waals surface area contributed by atoms with Gasteiger partial charge < -0.3 is 9.52 Å². The van der Waals surface area contributed by atoms with Crippen molar-refractivity contribution in [2.24, 2.45) is 0 Å². The van der Waals surface area contributed by atoms with Gasteiger partial charge in [-0.1, -0.05) is 35.9 Å². The molecule has 0 aliphatic rings. The summed E-state index contributed by atoms with van der Waals surface area (Å²) in [6.07, 6.45) is 3.74. The summed E-state index contributed by atoms with van der Waals surface area (Å²) in [7, 11) is 0. The quantitative estimate of drug-likeness (QED) is 0.592. The van der Waals surface area contributed by atoms with Gasteiger partial charge in [-0.15, -0.1) is 0 Å². The number of furan rings is 1. The maximum Gasteiger partial charge on any atom is 0.135 e. The Morgan fingerprint density at radius 3 is 2.58 bits per heavy atom. The molecule has 4 aromatic rings. The van der Waals surface area contributed by atoms with E-state index in [1.54, 1.807) is 30.6 Å². The molecule has 1 N–H and O–H groups in total. The second kappa shape index (κ2) is 6.07. The summed E-state index contributed by atoms with van der Waals surface area (Å²) >= 11 is 6.17. The summed E-state index contributed by atoms with van der Waals surface area (Å²) in [6.45, 7) is 0. The van der Waals surface area contributed by atoms with Crippen molar-refractivity contribution in [3.63, 3.8) is 0 Å². The summed E-state index contributed by atoms with van der Waals surface area (Å²) < 4.78 is 5.93. The number of benzene rings is 2. The van der Waals surface area contributed by atoms with Crippen LogP contribution in [0.2, 0.25) is 5.02 Å². The number of hydrogen-bond donors (Lipinski definition) is 1. The van der Waals surface area contributed by atoms with E-state index >= 15 is 0 Å². The lowest BCUT2D eigenvalue weighted by molar-refractivity contribution is 0.219. The molecule has 118 valence electrons. The topological polar surface area (TPSA) is 59.2 Å². The molecule has 1 atom stereocenters. The van der Waals surface area contributed by atoms with Gasteiger partial charge in [0.1, 0.15) is 23.8 Å². The van der Waals surface area contributed by atoms with Crippen LogP contribution in [0.3, 0.4) is 0 Å². The molecule has 0 bridgehead atoms. The zero-order chi connectivity index (χ0) is 16.5. The molecule has 0 spiro atoms. The molecular weight excluding hydrogens is 324 g/mol. The zero-order valence-corrected chi connectivity index (χ0v) is 13.3. The first kappa shape index (κ1) is 14.9. The Hall–Kier alpha value is -2.69. The molecule has 0 aliphatic carbocycles. The Bertz CT molecular complexity index is 966. The van der Waals surface area contributed by atoms with E-state index in [0.29, 0.717) is 21.9 Å². The van der Waals surface area contributed by atoms with Gasteiger partial charge in [0.15, 0.2) is 0 Å². The SMILES string of the molecule is OC(c1cncnc1)c1ccc(Cl)cc1-c1cc2ccccc2o1. The lowest BCUT2D eigenvalue weighted by Crippen LogP contribution is -2.02. The average molecular weight is 337 g/mol. The van der Waals surface area contributed by atoms with Crippen LogP contribution in [0.4, 0.5) is 0 Å². The predicted molar refractivity (Wildman–Crippen MR) is 92.8 cm³/mol. The highest BCUT2D eigenvalue weighted by molar-refractivity contribution is 6.30. The van der Waals surface area contributed by atoms with Crippen molar-refractivity contribution >= 4 is 22.6 Å². The highest BCUT2D eigenvalue weighted by atomic mass is 35.5. The number of aliphatic hydroxyl groups excluding tert-OH is 1. The van der Waals surface area contributed by atoms with Gasteiger partial charge in [-0.2, -0.15) is 0 Å². The molecule has 4 rings (SSSR count). The van der Waals surface area contributed by atoms with Crippen molar-refractivity contribution in [3.05, 3.63) is 83.4 Å². The van der Waals surface area contributed by atoms with Gasteiger partial charge in [-0.05, 0) is 29.8 Å². The minimum absolute atomic E-state index is 0.575. The van der Waals surface area contributed by atoms with Gasteiger partial charge in [0, 0.05) is 33.9 Å². The Morgan fingerprint density at radius 2 is 1.79 bits per heavy atom. The fourth-order valence-electron chi connectivity index (χ4n) is 2.73. The van der Waals surface area contributed by atoms with Gasteiger partial charge in [-0.3, -0.25) is 0 Å². The van der Waals surface area contributed by atoms with Gasteiger partial charge in [0.25, 0.3) is 0 Å². The highest BCUT2D eigenvalue weighted by Crippen LogP contribution is 2.36. The van der Waals surface area contributed by atoms with Crippen LogP contribution in [0.25, 0.3) is 22.3 Å². The third-order valence-electron chi connectivity index (χ3n) is 3.90. The van der Waals surface area contributed by atoms with E-state index < -0.39 is 6.10 Å². The van der Waals surface area contributed by atoms with Crippen molar-refractivity contribution < 1.29 is 9.52 Å². The number of halogens is 1. The lowest BCUT2D eigenvalue weighted by atomic mass is 9.97. The molecule has 2 aromatic heterocycles. The first-order valence-electron chi connectivity index (χ1n) is 7.44. The van der Waals surface area contributed by atoms with Crippen LogP contribution in [-0.2, 0) is 0 Å². The van der Waals surface area contributed by atoms with E-state index in [9.17, 15) is 5.11 Å². The molecule has 5 heteroatoms. The Morgan fingerprint density at radius 1 is 1.00 bits per heavy atom. The maximum absolute atomic E-state index is 10.7. The number of hydrogen-bond acceptors (Lipinski definition) is 4. The van der Waals surface area contributed by atoms with E-state index in [0.717, 1.165) is 16.5 Å². The molecule has 1 unspecified atom stereocenters. The lowest BCUT2D eigenvalue weighted by Gasteiger charge is -2.14. The van der Waals surface area contributed by atoms with Crippen molar-refractivity contribution in [2.45, 2.75) is 6.10 Å². The number of aliphatic hydroxyl groups is 1. The molecule has 0 radical (unpaired) electrons. The number of para-hydroxylation sites is 1. The Balaban J connectivity index is 1.87. The fourth-order valence-corrected chi connectivity index (χ4v) is 2.90. The second-order valence-corrected chi connectivity index (χ2v) is 5.89. The Labute approximate surface area is 143 Å². The standard InChI is InChI=1S/C19H13ClN2O2/c20-14-5-6-15(19(23)13-9-21-11-22-10-13)16(8-14)18-7-12-3-1-2-4-17(12)24-18/h1-11,19,23H. The number of aromatic nitrogens is 2. The average Bonchev–Trinajstić information content (AvgIpc) is 3.06. The minimum Gasteiger partial charge on any atom is -0.456 e. The summed E-state index contributed by atoms with van der Waals surface area (Å²) in [6, 6.07) is 15.0. The number of fused-ring (bicyclic) bond motifs is 1. The summed E-state index contributed by atoms with van der Waals surface area (Å²) in [5.41, 5.74) is 2.83. The first-order valence-corrected chi connectivity index (χ1v) is 7.81. The van der Waals surface area contributed by atoms with E-state index in [1.807, 2.05) is 30.3 Å². The molecule has 0 saturated heterocycles. The smallest absolute Gasteiger partial charge is 0.135 e. The van der Waals surface area contributed by atoms with Gasteiger partial charge in [0.2, 0.25) is 0 Å². The van der Waals surface area contributed by atoms with Gasteiger partial charge in [-0.25, -0.2) is 9.97 Å². The van der Waals surface area contributed by atoms with Crippen molar-refractivity contribution in [3.8, 4) is 11.3 Å². The van der Waals surface area contributed by atoms with Crippen molar-refractivity contribution in [1.29, 1.82) is 0 Å². The summed E-state index contributed by atoms with van der Waals surface area (Å²) in [4.78, 5) is 7.93. The molecule has 2 heterocycles. The molecule has 4 nitrogen and oxygen atoms in total. The zero-order valence-electron chi connectivity index (χ0n) is 12.6. The number of rotatable bonds is 3.